The van der Waals surface area contributed by atoms with E-state index in [2.05, 4.69) is 26.1 Å². The Hall–Kier alpha value is -0.130. The van der Waals surface area contributed by atoms with Gasteiger partial charge in [-0.25, -0.2) is 8.42 Å². The number of hydrogen-bond acceptors (Lipinski definition) is 4. The lowest BCUT2D eigenvalue weighted by atomic mass is 9.89. The predicted octanol–water partition coefficient (Wildman–Crippen LogP) is 2.38. The number of nitrogens with one attached hydrogen (secondary N) is 1. The van der Waals surface area contributed by atoms with Crippen molar-refractivity contribution >= 4 is 9.84 Å². The van der Waals surface area contributed by atoms with Gasteiger partial charge in [-0.15, -0.1) is 0 Å². The number of ether oxygens (including phenoxy) is 1. The van der Waals surface area contributed by atoms with Crippen LogP contribution in [0.25, 0.3) is 0 Å². The van der Waals surface area contributed by atoms with E-state index < -0.39 is 9.84 Å². The van der Waals surface area contributed by atoms with Gasteiger partial charge in [0.2, 0.25) is 0 Å². The fourth-order valence-corrected chi connectivity index (χ4v) is 3.02. The zero-order chi connectivity index (χ0) is 14.9. The molecule has 0 rings (SSSR count). The minimum Gasteiger partial charge on any atom is -0.377 e. The molecule has 2 unspecified atom stereocenters. The van der Waals surface area contributed by atoms with Gasteiger partial charge in [0.15, 0.2) is 0 Å². The van der Waals surface area contributed by atoms with Gasteiger partial charge in [-0.05, 0) is 39.2 Å². The molecule has 0 aromatic rings. The SMILES string of the molecule is CCCNC(CCCS(=O)(=O)CC)C(C)(CC)OC. The first kappa shape index (κ1) is 18.9. The van der Waals surface area contributed by atoms with Gasteiger partial charge in [0.1, 0.15) is 9.84 Å². The molecule has 0 aliphatic heterocycles. The van der Waals surface area contributed by atoms with Gasteiger partial charge in [0, 0.05) is 18.9 Å². The first-order valence-electron chi connectivity index (χ1n) is 7.34. The molecule has 4 nitrogen and oxygen atoms in total. The molecule has 5 heteroatoms. The van der Waals surface area contributed by atoms with Gasteiger partial charge in [0.25, 0.3) is 0 Å². The van der Waals surface area contributed by atoms with Crippen molar-refractivity contribution in [3.63, 3.8) is 0 Å². The number of sulfone groups is 1. The lowest BCUT2D eigenvalue weighted by Crippen LogP contribution is -2.50. The van der Waals surface area contributed by atoms with E-state index in [0.29, 0.717) is 6.42 Å². The van der Waals surface area contributed by atoms with Gasteiger partial charge in [-0.1, -0.05) is 20.8 Å². The van der Waals surface area contributed by atoms with Crippen LogP contribution in [0.15, 0.2) is 0 Å². The average Bonchev–Trinajstić information content (AvgIpc) is 2.41. The molecule has 0 bridgehead atoms. The maximum atomic E-state index is 11.5. The molecule has 0 heterocycles. The predicted molar refractivity (Wildman–Crippen MR) is 81.3 cm³/mol. The molecule has 2 atom stereocenters. The molecule has 0 aliphatic rings. The Kier molecular flexibility index (Phi) is 8.86. The van der Waals surface area contributed by atoms with Crippen molar-refractivity contribution in [3.8, 4) is 0 Å². The highest BCUT2D eigenvalue weighted by Crippen LogP contribution is 2.23. The van der Waals surface area contributed by atoms with Crippen LogP contribution in [-0.2, 0) is 14.6 Å². The van der Waals surface area contributed by atoms with E-state index in [1.54, 1.807) is 14.0 Å². The molecule has 0 aromatic heterocycles. The van der Waals surface area contributed by atoms with Crippen molar-refractivity contribution in [2.75, 3.05) is 25.2 Å². The topological polar surface area (TPSA) is 55.4 Å². The van der Waals surface area contributed by atoms with Crippen molar-refractivity contribution in [2.24, 2.45) is 0 Å². The molecule has 116 valence electrons. The Morgan fingerprint density at radius 3 is 2.32 bits per heavy atom. The van der Waals surface area contributed by atoms with Gasteiger partial charge >= 0.3 is 0 Å². The highest BCUT2D eigenvalue weighted by Gasteiger charge is 2.31. The van der Waals surface area contributed by atoms with E-state index in [1.807, 2.05) is 0 Å². The molecule has 0 amide bonds. The largest absolute Gasteiger partial charge is 0.377 e. The molecule has 0 aromatic carbocycles. The molecular formula is C14H31NO3S. The molecule has 0 aliphatic carbocycles. The van der Waals surface area contributed by atoms with Crippen molar-refractivity contribution in [3.05, 3.63) is 0 Å². The molecule has 19 heavy (non-hydrogen) atoms. The standard InChI is InChI=1S/C14H31NO3S/c1-6-11-15-13(14(4,7-2)18-5)10-9-12-19(16,17)8-3/h13,15H,6-12H2,1-5H3. The third-order valence-electron chi connectivity index (χ3n) is 3.93. The van der Waals surface area contributed by atoms with Crippen LogP contribution in [0, 0.1) is 0 Å². The normalized spacial score (nSPS) is 17.1. The summed E-state index contributed by atoms with van der Waals surface area (Å²) in [4.78, 5) is 0. The Morgan fingerprint density at radius 1 is 1.26 bits per heavy atom. The molecule has 0 spiro atoms. The summed E-state index contributed by atoms with van der Waals surface area (Å²) < 4.78 is 28.7. The minimum atomic E-state index is -2.86. The van der Waals surface area contributed by atoms with Gasteiger partial charge in [-0.3, -0.25) is 0 Å². The van der Waals surface area contributed by atoms with Crippen LogP contribution in [0.4, 0.5) is 0 Å². The summed E-state index contributed by atoms with van der Waals surface area (Å²) >= 11 is 0. The van der Waals surface area contributed by atoms with Crippen molar-refractivity contribution in [1.29, 1.82) is 0 Å². The number of hydrogen-bond donors (Lipinski definition) is 1. The molecule has 0 radical (unpaired) electrons. The Bertz CT molecular complexity index is 324. The summed E-state index contributed by atoms with van der Waals surface area (Å²) in [5.41, 5.74) is -0.231. The first-order valence-corrected chi connectivity index (χ1v) is 9.16. The quantitative estimate of drug-likeness (QED) is 0.635. The monoisotopic (exact) mass is 293 g/mol. The maximum Gasteiger partial charge on any atom is 0.150 e. The van der Waals surface area contributed by atoms with E-state index in [0.717, 1.165) is 25.8 Å². The van der Waals surface area contributed by atoms with Crippen LogP contribution in [0.5, 0.6) is 0 Å². The zero-order valence-corrected chi connectivity index (χ0v) is 14.0. The second kappa shape index (κ2) is 8.93. The maximum absolute atomic E-state index is 11.5. The van der Waals surface area contributed by atoms with Crippen LogP contribution in [0.3, 0.4) is 0 Å². The van der Waals surface area contributed by atoms with Crippen LogP contribution in [-0.4, -0.2) is 45.2 Å². The van der Waals surface area contributed by atoms with Crippen LogP contribution < -0.4 is 5.32 Å². The van der Waals surface area contributed by atoms with E-state index in [-0.39, 0.29) is 23.1 Å². The molecule has 0 saturated carbocycles. The van der Waals surface area contributed by atoms with Crippen molar-refractivity contribution in [2.45, 2.75) is 65.0 Å². The van der Waals surface area contributed by atoms with Crippen LogP contribution in [0.1, 0.15) is 53.4 Å². The van der Waals surface area contributed by atoms with E-state index in [4.69, 9.17) is 4.74 Å². The van der Waals surface area contributed by atoms with E-state index >= 15 is 0 Å². The average molecular weight is 293 g/mol. The molecule has 0 fully saturated rings. The summed E-state index contributed by atoms with van der Waals surface area (Å²) in [6.45, 7) is 8.96. The van der Waals surface area contributed by atoms with Gasteiger partial charge in [0.05, 0.1) is 11.4 Å². The summed E-state index contributed by atoms with van der Waals surface area (Å²) in [6, 6.07) is 0.203. The number of rotatable bonds is 11. The van der Waals surface area contributed by atoms with Crippen LogP contribution >= 0.6 is 0 Å². The van der Waals surface area contributed by atoms with Gasteiger partial charge < -0.3 is 10.1 Å². The summed E-state index contributed by atoms with van der Waals surface area (Å²) in [7, 11) is -1.13. The third-order valence-corrected chi connectivity index (χ3v) is 5.72. The lowest BCUT2D eigenvalue weighted by Gasteiger charge is -2.36. The van der Waals surface area contributed by atoms with E-state index in [1.165, 1.54) is 0 Å². The van der Waals surface area contributed by atoms with Crippen molar-refractivity contribution < 1.29 is 13.2 Å². The summed E-state index contributed by atoms with van der Waals surface area (Å²) in [6.07, 6.45) is 3.49. The van der Waals surface area contributed by atoms with Crippen molar-refractivity contribution in [1.82, 2.24) is 5.32 Å². The lowest BCUT2D eigenvalue weighted by molar-refractivity contribution is -0.0311. The summed E-state index contributed by atoms with van der Waals surface area (Å²) in [5, 5.41) is 3.50. The third kappa shape index (κ3) is 6.72. The highest BCUT2D eigenvalue weighted by molar-refractivity contribution is 7.91. The Labute approximate surface area is 119 Å². The molecule has 1 N–H and O–H groups in total. The fourth-order valence-electron chi connectivity index (χ4n) is 2.13. The first-order chi connectivity index (χ1) is 8.85. The second-order valence-corrected chi connectivity index (χ2v) is 7.73. The second-order valence-electron chi connectivity index (χ2n) is 5.26. The highest BCUT2D eigenvalue weighted by atomic mass is 32.2. The molecule has 0 saturated heterocycles. The summed E-state index contributed by atoms with van der Waals surface area (Å²) in [5.74, 6) is 0.507. The van der Waals surface area contributed by atoms with E-state index in [9.17, 15) is 8.42 Å². The molecular weight excluding hydrogens is 262 g/mol. The smallest absolute Gasteiger partial charge is 0.150 e. The number of methoxy groups -OCH3 is 1. The Balaban J connectivity index is 4.52. The fraction of sp³-hybridized carbons (Fsp3) is 1.00. The van der Waals surface area contributed by atoms with Gasteiger partial charge in [-0.2, -0.15) is 0 Å². The zero-order valence-electron chi connectivity index (χ0n) is 13.2. The minimum absolute atomic E-state index is 0.203. The Morgan fingerprint density at radius 2 is 1.89 bits per heavy atom. The van der Waals surface area contributed by atoms with Crippen LogP contribution in [0.2, 0.25) is 0 Å².